The molecule has 3 heterocycles. The monoisotopic (exact) mass is 420 g/mol. The van der Waals surface area contributed by atoms with Crippen molar-refractivity contribution in [3.8, 4) is 0 Å². The highest BCUT2D eigenvalue weighted by molar-refractivity contribution is 8.19. The van der Waals surface area contributed by atoms with Gasteiger partial charge in [-0.3, -0.25) is 9.77 Å². The van der Waals surface area contributed by atoms with Crippen molar-refractivity contribution in [2.75, 3.05) is 35.9 Å². The second-order valence-electron chi connectivity index (χ2n) is 9.17. The van der Waals surface area contributed by atoms with Crippen molar-refractivity contribution in [2.45, 2.75) is 37.6 Å². The van der Waals surface area contributed by atoms with Gasteiger partial charge in [0.05, 0.1) is 0 Å². The third-order valence-corrected chi connectivity index (χ3v) is 9.25. The number of alkyl halides is 2. The smallest absolute Gasteiger partial charge is 0.280 e. The van der Waals surface area contributed by atoms with Crippen molar-refractivity contribution in [2.24, 2.45) is 4.99 Å². The molecule has 4 rings (SSSR count). The lowest BCUT2D eigenvalue weighted by Crippen LogP contribution is -2.46. The Morgan fingerprint density at radius 3 is 2.62 bits per heavy atom. The second-order valence-corrected chi connectivity index (χ2v) is 14.9. The zero-order chi connectivity index (χ0) is 20.7. The van der Waals surface area contributed by atoms with Crippen LogP contribution in [0.15, 0.2) is 28.9 Å². The highest BCUT2D eigenvalue weighted by Crippen LogP contribution is 2.30. The predicted molar refractivity (Wildman–Crippen MR) is 121 cm³/mol. The molecule has 1 saturated heterocycles. The summed E-state index contributed by atoms with van der Waals surface area (Å²) in [5, 5.41) is 9.34. The molecule has 1 fully saturated rings. The summed E-state index contributed by atoms with van der Waals surface area (Å²) in [4.78, 5) is 3.99. The van der Waals surface area contributed by atoms with E-state index in [0.29, 0.717) is 12.5 Å². The Labute approximate surface area is 170 Å². The number of anilines is 1. The fourth-order valence-electron chi connectivity index (χ4n) is 4.25. The van der Waals surface area contributed by atoms with Crippen molar-refractivity contribution < 1.29 is 8.78 Å². The first-order valence-corrected chi connectivity index (χ1v) is 13.4. The Balaban J connectivity index is 1.61. The molecule has 0 spiro atoms. The van der Waals surface area contributed by atoms with Crippen LogP contribution in [0, 0.1) is 4.78 Å². The predicted octanol–water partition coefficient (Wildman–Crippen LogP) is 2.80. The summed E-state index contributed by atoms with van der Waals surface area (Å²) in [6, 6.07) is 4.67. The van der Waals surface area contributed by atoms with Gasteiger partial charge < -0.3 is 10.6 Å². The van der Waals surface area contributed by atoms with Crippen LogP contribution in [0.5, 0.6) is 0 Å². The van der Waals surface area contributed by atoms with E-state index in [1.54, 1.807) is 12.3 Å². The highest BCUT2D eigenvalue weighted by atomic mass is 32.3. The first-order chi connectivity index (χ1) is 13.7. The van der Waals surface area contributed by atoms with E-state index in [9.17, 15) is 8.78 Å². The summed E-state index contributed by atoms with van der Waals surface area (Å²) < 4.78 is 34.4. The Hall–Kier alpha value is -2.02. The van der Waals surface area contributed by atoms with Gasteiger partial charge in [0.15, 0.2) is 0 Å². The maximum absolute atomic E-state index is 12.9. The molecule has 7 heteroatoms. The number of halogens is 2. The number of allylic oxidation sites excluding steroid dienone is 2. The van der Waals surface area contributed by atoms with E-state index >= 15 is 0 Å². The third-order valence-electron chi connectivity index (χ3n) is 6.16. The van der Waals surface area contributed by atoms with Crippen LogP contribution in [-0.2, 0) is 8.96 Å². The van der Waals surface area contributed by atoms with Crippen LogP contribution in [0.1, 0.15) is 30.7 Å². The fourth-order valence-corrected chi connectivity index (χ4v) is 6.53. The summed E-state index contributed by atoms with van der Waals surface area (Å²) in [5.41, 5.74) is 2.06. The number of fused-ring (bicyclic) bond motifs is 1. The van der Waals surface area contributed by atoms with Gasteiger partial charge in [0.25, 0.3) is 6.43 Å². The quantitative estimate of drug-likeness (QED) is 0.702. The molecular weight excluding hydrogens is 390 g/mol. The summed E-state index contributed by atoms with van der Waals surface area (Å²) in [6.45, 7) is 0.783. The van der Waals surface area contributed by atoms with Crippen LogP contribution in [0.25, 0.3) is 12.3 Å². The SMILES string of the molecule is CS1(C)(=N)CCC(Nc2cc(C3C=NC(C(F)F)=CC3)cc3c2=CNCC=3)CC1. The molecule has 158 valence electrons. The minimum atomic E-state index is -2.51. The first kappa shape index (κ1) is 20.3. The molecule has 1 atom stereocenters. The van der Waals surface area contributed by atoms with Gasteiger partial charge in [0, 0.05) is 41.8 Å². The molecular formula is C22H30F2N4S. The van der Waals surface area contributed by atoms with Gasteiger partial charge in [0.1, 0.15) is 5.70 Å². The Morgan fingerprint density at radius 1 is 1.21 bits per heavy atom. The standard InChI is InChI=1S/C22H30F2N4S/c1-29(2,25)9-6-18(7-10-29)28-21-12-17(11-15-5-8-26-14-19(15)21)16-3-4-20(22(23)24)27-13-16/h4-5,11-14,16,18,22,25-26,28H,3,6-10H2,1-2H3. The van der Waals surface area contributed by atoms with Crippen molar-refractivity contribution in [3.05, 3.63) is 39.9 Å². The molecule has 3 N–H and O–H groups in total. The first-order valence-electron chi connectivity index (χ1n) is 10.2. The number of nitrogens with zero attached hydrogens (tertiary/aromatic N) is 1. The van der Waals surface area contributed by atoms with Crippen molar-refractivity contribution in [1.82, 2.24) is 5.32 Å². The van der Waals surface area contributed by atoms with Crippen molar-refractivity contribution >= 4 is 33.1 Å². The molecule has 0 aliphatic carbocycles. The van der Waals surface area contributed by atoms with E-state index in [-0.39, 0.29) is 11.6 Å². The van der Waals surface area contributed by atoms with E-state index in [2.05, 4.69) is 52.5 Å². The minimum Gasteiger partial charge on any atom is -0.387 e. The molecule has 0 radical (unpaired) electrons. The number of rotatable bonds is 4. The fraction of sp³-hybridized carbons (Fsp3) is 0.500. The van der Waals surface area contributed by atoms with Gasteiger partial charge >= 0.3 is 0 Å². The molecule has 4 nitrogen and oxygen atoms in total. The molecule has 1 aromatic carbocycles. The molecule has 29 heavy (non-hydrogen) atoms. The van der Waals surface area contributed by atoms with E-state index in [1.807, 2.05) is 0 Å². The molecule has 0 bridgehead atoms. The van der Waals surface area contributed by atoms with Crippen molar-refractivity contribution in [1.29, 1.82) is 4.78 Å². The van der Waals surface area contributed by atoms with E-state index in [4.69, 9.17) is 4.78 Å². The maximum Gasteiger partial charge on any atom is 0.280 e. The molecule has 3 aliphatic heterocycles. The van der Waals surface area contributed by atoms with E-state index in [0.717, 1.165) is 47.4 Å². The molecule has 1 unspecified atom stereocenters. The van der Waals surface area contributed by atoms with E-state index in [1.165, 1.54) is 5.22 Å². The van der Waals surface area contributed by atoms with Crippen LogP contribution in [0.4, 0.5) is 14.5 Å². The van der Waals surface area contributed by atoms with Crippen LogP contribution in [0.3, 0.4) is 0 Å². The third kappa shape index (κ3) is 4.60. The Morgan fingerprint density at radius 2 is 1.97 bits per heavy atom. The second kappa shape index (κ2) is 7.35. The lowest BCUT2D eigenvalue weighted by molar-refractivity contribution is 0.187. The van der Waals surface area contributed by atoms with Gasteiger partial charge in [-0.15, -0.1) is 0 Å². The summed E-state index contributed by atoms with van der Waals surface area (Å²) in [7, 11) is -1.95. The van der Waals surface area contributed by atoms with Crippen LogP contribution < -0.4 is 21.1 Å². The van der Waals surface area contributed by atoms with Gasteiger partial charge in [0.2, 0.25) is 0 Å². The van der Waals surface area contributed by atoms with Crippen LogP contribution >= 0.6 is 0 Å². The molecule has 0 saturated carbocycles. The lowest BCUT2D eigenvalue weighted by Gasteiger charge is -2.44. The average Bonchev–Trinajstić information content (AvgIpc) is 2.69. The van der Waals surface area contributed by atoms with Gasteiger partial charge in [-0.1, -0.05) is 18.2 Å². The Bertz CT molecular complexity index is 1040. The minimum absolute atomic E-state index is 0.0132. The zero-order valence-electron chi connectivity index (χ0n) is 17.1. The Kier molecular flexibility index (Phi) is 5.13. The molecule has 3 aliphatic rings. The lowest BCUT2D eigenvalue weighted by atomic mass is 9.92. The molecule has 0 aromatic heterocycles. The van der Waals surface area contributed by atoms with Gasteiger partial charge in [-0.25, -0.2) is 8.78 Å². The van der Waals surface area contributed by atoms with Gasteiger partial charge in [-0.2, -0.15) is 8.96 Å². The number of hydrogen-bond donors (Lipinski definition) is 3. The van der Waals surface area contributed by atoms with Crippen LogP contribution in [-0.4, -0.2) is 49.2 Å². The van der Waals surface area contributed by atoms with Crippen molar-refractivity contribution in [3.63, 3.8) is 0 Å². The number of benzene rings is 1. The van der Waals surface area contributed by atoms with Crippen LogP contribution in [0.2, 0.25) is 0 Å². The summed E-state index contributed by atoms with van der Waals surface area (Å²) >= 11 is 0. The van der Waals surface area contributed by atoms with Gasteiger partial charge in [-0.05, 0) is 60.1 Å². The number of hydrogen-bond acceptors (Lipinski definition) is 4. The largest absolute Gasteiger partial charge is 0.387 e. The summed E-state index contributed by atoms with van der Waals surface area (Å²) in [5.74, 6) is 1.96. The normalized spacial score (nSPS) is 28.6. The molecule has 0 amide bonds. The summed E-state index contributed by atoms with van der Waals surface area (Å²) in [6.07, 6.45) is 11.8. The number of aliphatic imine (C=N–C) groups is 1. The zero-order valence-corrected chi connectivity index (χ0v) is 17.9. The number of nitrogens with one attached hydrogen (secondary N) is 3. The maximum atomic E-state index is 12.9. The molecule has 1 aromatic rings. The van der Waals surface area contributed by atoms with E-state index < -0.39 is 15.4 Å². The topological polar surface area (TPSA) is 60.3 Å². The average molecular weight is 421 g/mol. The highest BCUT2D eigenvalue weighted by Gasteiger charge is 2.29.